The maximum absolute atomic E-state index is 3.27. The van der Waals surface area contributed by atoms with Crippen LogP contribution in [0.3, 0.4) is 0 Å². The summed E-state index contributed by atoms with van der Waals surface area (Å²) in [5, 5.41) is 3.27. The molecule has 1 saturated heterocycles. The third kappa shape index (κ3) is 1.72. The van der Waals surface area contributed by atoms with Gasteiger partial charge in [-0.15, -0.1) is 0 Å². The van der Waals surface area contributed by atoms with Crippen molar-refractivity contribution in [1.29, 1.82) is 0 Å². The van der Waals surface area contributed by atoms with Gasteiger partial charge < -0.3 is 0 Å². The third-order valence-electron chi connectivity index (χ3n) is 1.17. The van der Waals surface area contributed by atoms with Crippen LogP contribution < -0.4 is 5.32 Å². The molecule has 0 spiro atoms. The quantitative estimate of drug-likeness (QED) is 0.487. The Morgan fingerprint density at radius 2 is 2.29 bits per heavy atom. The molecule has 41 valence electrons. The summed E-state index contributed by atoms with van der Waals surface area (Å²) >= 11 is 2.58. The SMILES string of the molecule is [SeH]=C1CCCCN1. The average Bonchev–Trinajstić information content (AvgIpc) is 1.69. The van der Waals surface area contributed by atoms with Gasteiger partial charge in [-0.05, 0) is 0 Å². The molecular weight excluding hydrogens is 153 g/mol. The minimum atomic E-state index is 1.18. The van der Waals surface area contributed by atoms with Crippen LogP contribution in [0.5, 0.6) is 0 Å². The van der Waals surface area contributed by atoms with Crippen molar-refractivity contribution < 1.29 is 0 Å². The van der Waals surface area contributed by atoms with E-state index in [4.69, 9.17) is 0 Å². The molecule has 0 aliphatic carbocycles. The third-order valence-corrected chi connectivity index (χ3v) is 1.97. The number of nitrogens with one attached hydrogen (secondary N) is 1. The van der Waals surface area contributed by atoms with Gasteiger partial charge >= 0.3 is 51.2 Å². The van der Waals surface area contributed by atoms with Gasteiger partial charge in [0.2, 0.25) is 0 Å². The number of piperidine rings is 1. The average molecular weight is 163 g/mol. The Morgan fingerprint density at radius 3 is 2.57 bits per heavy atom. The van der Waals surface area contributed by atoms with E-state index in [1.165, 1.54) is 30.3 Å². The predicted octanol–water partition coefficient (Wildman–Crippen LogP) is -0.209. The second kappa shape index (κ2) is 2.61. The Morgan fingerprint density at radius 1 is 1.43 bits per heavy atom. The van der Waals surface area contributed by atoms with E-state index in [9.17, 15) is 0 Å². The van der Waals surface area contributed by atoms with Crippen LogP contribution in [0.2, 0.25) is 0 Å². The molecular formula is C5H10NSe. The molecule has 0 aromatic rings. The summed E-state index contributed by atoms with van der Waals surface area (Å²) in [6.07, 6.45) is 3.98. The van der Waals surface area contributed by atoms with E-state index in [2.05, 4.69) is 20.9 Å². The van der Waals surface area contributed by atoms with Gasteiger partial charge in [0.1, 0.15) is 0 Å². The molecule has 1 aliphatic heterocycles. The molecule has 0 aromatic carbocycles. The van der Waals surface area contributed by atoms with Crippen molar-refractivity contribution >= 4 is 20.1 Å². The van der Waals surface area contributed by atoms with E-state index in [0.29, 0.717) is 0 Å². The number of hydrogen-bond donors (Lipinski definition) is 1. The fourth-order valence-electron chi connectivity index (χ4n) is 0.739. The molecule has 0 saturated carbocycles. The van der Waals surface area contributed by atoms with E-state index >= 15 is 0 Å². The zero-order valence-corrected chi connectivity index (χ0v) is 6.15. The van der Waals surface area contributed by atoms with Gasteiger partial charge in [-0.2, -0.15) is 0 Å². The Hall–Kier alpha value is 0.349. The number of hydrogen-bond acceptors (Lipinski definition) is 1. The van der Waals surface area contributed by atoms with Crippen molar-refractivity contribution in [1.82, 2.24) is 5.32 Å². The van der Waals surface area contributed by atoms with Crippen molar-refractivity contribution in [3.63, 3.8) is 0 Å². The molecule has 1 aliphatic rings. The van der Waals surface area contributed by atoms with Gasteiger partial charge in [0, 0.05) is 0 Å². The van der Waals surface area contributed by atoms with E-state index < -0.39 is 0 Å². The van der Waals surface area contributed by atoms with Crippen LogP contribution in [0.1, 0.15) is 19.3 Å². The second-order valence-corrected chi connectivity index (χ2v) is 2.96. The van der Waals surface area contributed by atoms with Crippen molar-refractivity contribution in [3.05, 3.63) is 0 Å². The summed E-state index contributed by atoms with van der Waals surface area (Å²) < 4.78 is 1.40. The first kappa shape index (κ1) is 5.49. The molecule has 1 fully saturated rings. The molecule has 1 heterocycles. The first-order chi connectivity index (χ1) is 3.39. The monoisotopic (exact) mass is 164 g/mol. The van der Waals surface area contributed by atoms with Gasteiger partial charge in [-0.3, -0.25) is 0 Å². The van der Waals surface area contributed by atoms with Gasteiger partial charge in [0.15, 0.2) is 0 Å². The van der Waals surface area contributed by atoms with Gasteiger partial charge in [-0.25, -0.2) is 0 Å². The summed E-state index contributed by atoms with van der Waals surface area (Å²) in [7, 11) is 0. The standard InChI is InChI=1S/C5H10NSe/c7-5-3-1-2-4-6-5/h6-7H,1-4H2. The van der Waals surface area contributed by atoms with Crippen molar-refractivity contribution in [2.45, 2.75) is 19.3 Å². The Bertz CT molecular complexity index is 72.1. The molecule has 0 bridgehead atoms. The molecule has 0 unspecified atom stereocenters. The topological polar surface area (TPSA) is 12.0 Å². The summed E-state index contributed by atoms with van der Waals surface area (Å²) in [5.74, 6) is 0. The summed E-state index contributed by atoms with van der Waals surface area (Å²) in [6, 6.07) is 0. The van der Waals surface area contributed by atoms with Crippen LogP contribution in [0.15, 0.2) is 0 Å². The van der Waals surface area contributed by atoms with Crippen molar-refractivity contribution in [2.75, 3.05) is 6.54 Å². The fourth-order valence-corrected chi connectivity index (χ4v) is 1.30. The molecule has 1 radical (unpaired) electrons. The van der Waals surface area contributed by atoms with Crippen LogP contribution in [-0.2, 0) is 0 Å². The van der Waals surface area contributed by atoms with Crippen LogP contribution in [-0.4, -0.2) is 26.7 Å². The van der Waals surface area contributed by atoms with Crippen LogP contribution in [0.25, 0.3) is 0 Å². The van der Waals surface area contributed by atoms with E-state index in [1.807, 2.05) is 0 Å². The molecule has 1 nitrogen and oxygen atoms in total. The zero-order valence-electron chi connectivity index (χ0n) is 4.28. The normalized spacial score (nSPS) is 22.6. The summed E-state index contributed by atoms with van der Waals surface area (Å²) in [6.45, 7) is 1.18. The predicted molar refractivity (Wildman–Crippen MR) is 34.0 cm³/mol. The molecule has 0 amide bonds. The maximum atomic E-state index is 3.27. The summed E-state index contributed by atoms with van der Waals surface area (Å²) in [5.41, 5.74) is 0. The van der Waals surface area contributed by atoms with Crippen LogP contribution in [0, 0.1) is 0 Å². The zero-order chi connectivity index (χ0) is 5.11. The molecule has 0 aromatic heterocycles. The van der Waals surface area contributed by atoms with E-state index in [-0.39, 0.29) is 0 Å². The Kier molecular flexibility index (Phi) is 2.04. The number of rotatable bonds is 0. The molecule has 1 N–H and O–H groups in total. The van der Waals surface area contributed by atoms with Gasteiger partial charge in [-0.1, -0.05) is 0 Å². The first-order valence-electron chi connectivity index (χ1n) is 2.68. The minimum absolute atomic E-state index is 1.18. The van der Waals surface area contributed by atoms with E-state index in [0.717, 1.165) is 0 Å². The van der Waals surface area contributed by atoms with Crippen molar-refractivity contribution in [3.8, 4) is 0 Å². The van der Waals surface area contributed by atoms with Gasteiger partial charge in [0.05, 0.1) is 0 Å². The van der Waals surface area contributed by atoms with Crippen LogP contribution in [0.4, 0.5) is 0 Å². The first-order valence-corrected chi connectivity index (χ1v) is 3.62. The van der Waals surface area contributed by atoms with Gasteiger partial charge in [0.25, 0.3) is 0 Å². The fraction of sp³-hybridized carbons (Fsp3) is 0.800. The Labute approximate surface area is 51.8 Å². The summed E-state index contributed by atoms with van der Waals surface area (Å²) in [4.78, 5) is 0. The molecule has 7 heavy (non-hydrogen) atoms. The van der Waals surface area contributed by atoms with E-state index in [1.54, 1.807) is 0 Å². The molecule has 2 heteroatoms. The molecule has 1 rings (SSSR count). The Balaban J connectivity index is 2.25. The van der Waals surface area contributed by atoms with Crippen LogP contribution >= 0.6 is 0 Å². The second-order valence-electron chi connectivity index (χ2n) is 1.83. The molecule has 0 atom stereocenters. The van der Waals surface area contributed by atoms with Crippen molar-refractivity contribution in [2.24, 2.45) is 0 Å².